The fraction of sp³-hybridized carbons (Fsp3) is 0.467. The molecule has 1 aromatic carbocycles. The lowest BCUT2D eigenvalue weighted by Gasteiger charge is -2.25. The molecule has 1 unspecified atom stereocenters. The van der Waals surface area contributed by atoms with E-state index in [-0.39, 0.29) is 11.5 Å². The van der Waals surface area contributed by atoms with Crippen molar-refractivity contribution in [3.8, 4) is 6.07 Å². The number of nitrogens with one attached hydrogen (secondary N) is 2. The minimum absolute atomic E-state index is 0.109. The highest BCUT2D eigenvalue weighted by Gasteiger charge is 2.39. The van der Waals surface area contributed by atoms with Crippen molar-refractivity contribution in [1.29, 1.82) is 5.26 Å². The number of carbonyl (C=O) groups excluding carboxylic acids is 1. The SMILES string of the molecule is CCC1(C(=O)Nc2cc(C#N)cc(F)c2C)CCNC1. The molecule has 1 heterocycles. The zero-order valence-corrected chi connectivity index (χ0v) is 11.7. The highest BCUT2D eigenvalue weighted by Crippen LogP contribution is 2.32. The van der Waals surface area contributed by atoms with Crippen molar-refractivity contribution in [2.24, 2.45) is 5.41 Å². The zero-order valence-electron chi connectivity index (χ0n) is 11.7. The fourth-order valence-electron chi connectivity index (χ4n) is 2.53. The lowest BCUT2D eigenvalue weighted by molar-refractivity contribution is -0.124. The summed E-state index contributed by atoms with van der Waals surface area (Å²) in [5.74, 6) is -0.586. The maximum Gasteiger partial charge on any atom is 0.231 e. The molecule has 1 aromatic rings. The molecule has 1 aliphatic heterocycles. The van der Waals surface area contributed by atoms with Crippen LogP contribution in [0.4, 0.5) is 10.1 Å². The Kier molecular flexibility index (Phi) is 4.05. The van der Waals surface area contributed by atoms with Gasteiger partial charge in [0.1, 0.15) is 5.82 Å². The van der Waals surface area contributed by atoms with Gasteiger partial charge in [-0.1, -0.05) is 6.92 Å². The molecule has 0 aliphatic carbocycles. The van der Waals surface area contributed by atoms with Gasteiger partial charge >= 0.3 is 0 Å². The van der Waals surface area contributed by atoms with E-state index in [1.807, 2.05) is 13.0 Å². The van der Waals surface area contributed by atoms with Crippen molar-refractivity contribution in [1.82, 2.24) is 5.32 Å². The number of rotatable bonds is 3. The van der Waals surface area contributed by atoms with E-state index in [9.17, 15) is 9.18 Å². The molecule has 4 nitrogen and oxygen atoms in total. The van der Waals surface area contributed by atoms with Crippen LogP contribution in [-0.4, -0.2) is 19.0 Å². The highest BCUT2D eigenvalue weighted by atomic mass is 19.1. The standard InChI is InChI=1S/C15H18FN3O/c1-3-15(4-5-18-9-15)14(20)19-13-7-11(8-17)6-12(16)10(13)2/h6-7,18H,3-5,9H2,1-2H3,(H,19,20). The third kappa shape index (κ3) is 2.52. The van der Waals surface area contributed by atoms with E-state index >= 15 is 0 Å². The molecule has 1 aliphatic rings. The summed E-state index contributed by atoms with van der Waals surface area (Å²) in [5, 5.41) is 14.9. The summed E-state index contributed by atoms with van der Waals surface area (Å²) in [6, 6.07) is 4.59. The first-order chi connectivity index (χ1) is 9.52. The molecule has 0 aromatic heterocycles. The van der Waals surface area contributed by atoms with Crippen molar-refractivity contribution < 1.29 is 9.18 Å². The molecule has 2 N–H and O–H groups in total. The number of benzene rings is 1. The van der Waals surface area contributed by atoms with Gasteiger partial charge in [0.15, 0.2) is 0 Å². The van der Waals surface area contributed by atoms with Gasteiger partial charge < -0.3 is 10.6 Å². The second kappa shape index (κ2) is 5.59. The van der Waals surface area contributed by atoms with Crippen LogP contribution in [0.2, 0.25) is 0 Å². The molecular weight excluding hydrogens is 257 g/mol. The third-order valence-corrected chi connectivity index (χ3v) is 4.12. The molecule has 5 heteroatoms. The Bertz CT molecular complexity index is 571. The van der Waals surface area contributed by atoms with Gasteiger partial charge in [0, 0.05) is 17.8 Å². The number of nitriles is 1. The summed E-state index contributed by atoms with van der Waals surface area (Å²) in [5.41, 5.74) is 0.505. The predicted molar refractivity (Wildman–Crippen MR) is 74.7 cm³/mol. The molecule has 0 saturated carbocycles. The van der Waals surface area contributed by atoms with Crippen molar-refractivity contribution in [2.45, 2.75) is 26.7 Å². The van der Waals surface area contributed by atoms with Crippen LogP contribution >= 0.6 is 0 Å². The molecular formula is C15H18FN3O. The summed E-state index contributed by atoms with van der Waals surface area (Å²) >= 11 is 0. The van der Waals surface area contributed by atoms with Crippen molar-refractivity contribution >= 4 is 11.6 Å². The molecule has 20 heavy (non-hydrogen) atoms. The normalized spacial score (nSPS) is 21.5. The number of nitrogens with zero attached hydrogens (tertiary/aromatic N) is 1. The molecule has 1 saturated heterocycles. The summed E-state index contributed by atoms with van der Waals surface area (Å²) in [6.45, 7) is 5.02. The quantitative estimate of drug-likeness (QED) is 0.890. The van der Waals surface area contributed by atoms with E-state index in [1.54, 1.807) is 6.92 Å². The first-order valence-corrected chi connectivity index (χ1v) is 6.75. The van der Waals surface area contributed by atoms with Crippen LogP contribution in [0.5, 0.6) is 0 Å². The number of hydrogen-bond donors (Lipinski definition) is 2. The van der Waals surface area contributed by atoms with E-state index in [4.69, 9.17) is 5.26 Å². The number of carbonyl (C=O) groups is 1. The summed E-state index contributed by atoms with van der Waals surface area (Å²) in [7, 11) is 0. The monoisotopic (exact) mass is 275 g/mol. The smallest absolute Gasteiger partial charge is 0.231 e. The number of hydrogen-bond acceptors (Lipinski definition) is 3. The first kappa shape index (κ1) is 14.5. The maximum atomic E-state index is 13.7. The molecule has 106 valence electrons. The summed E-state index contributed by atoms with van der Waals surface area (Å²) in [4.78, 5) is 12.5. The van der Waals surface area contributed by atoms with Gasteiger partial charge in [0.25, 0.3) is 0 Å². The van der Waals surface area contributed by atoms with E-state index in [0.29, 0.717) is 17.8 Å². The van der Waals surface area contributed by atoms with E-state index in [0.717, 1.165) is 19.4 Å². The largest absolute Gasteiger partial charge is 0.325 e. The van der Waals surface area contributed by atoms with Gasteiger partial charge in [-0.15, -0.1) is 0 Å². The molecule has 1 atom stereocenters. The maximum absolute atomic E-state index is 13.7. The molecule has 2 rings (SSSR count). The molecule has 0 spiro atoms. The van der Waals surface area contributed by atoms with E-state index in [1.165, 1.54) is 12.1 Å². The Hall–Kier alpha value is -1.93. The average Bonchev–Trinajstić information content (AvgIpc) is 2.93. The van der Waals surface area contributed by atoms with Gasteiger partial charge in [-0.3, -0.25) is 4.79 Å². The van der Waals surface area contributed by atoms with E-state index < -0.39 is 11.2 Å². The van der Waals surface area contributed by atoms with Crippen molar-refractivity contribution in [3.05, 3.63) is 29.1 Å². The van der Waals surface area contributed by atoms with Crippen LogP contribution in [0.15, 0.2) is 12.1 Å². The van der Waals surface area contributed by atoms with Crippen molar-refractivity contribution in [3.63, 3.8) is 0 Å². The second-order valence-corrected chi connectivity index (χ2v) is 5.26. The van der Waals surface area contributed by atoms with Crippen LogP contribution in [-0.2, 0) is 4.79 Å². The van der Waals surface area contributed by atoms with Crippen LogP contribution < -0.4 is 10.6 Å². The minimum atomic E-state index is -0.477. The Labute approximate surface area is 118 Å². The molecule has 1 amide bonds. The van der Waals surface area contributed by atoms with Crippen LogP contribution in [0.25, 0.3) is 0 Å². The Morgan fingerprint density at radius 1 is 1.60 bits per heavy atom. The average molecular weight is 275 g/mol. The topological polar surface area (TPSA) is 64.9 Å². The number of anilines is 1. The van der Waals surface area contributed by atoms with Gasteiger partial charge in [0.2, 0.25) is 5.91 Å². The Morgan fingerprint density at radius 2 is 2.35 bits per heavy atom. The van der Waals surface area contributed by atoms with Gasteiger partial charge in [-0.05, 0) is 38.4 Å². The fourth-order valence-corrected chi connectivity index (χ4v) is 2.53. The lowest BCUT2D eigenvalue weighted by Crippen LogP contribution is -2.37. The Balaban J connectivity index is 2.28. The zero-order chi connectivity index (χ0) is 14.8. The van der Waals surface area contributed by atoms with Gasteiger partial charge in [0.05, 0.1) is 17.0 Å². The summed E-state index contributed by atoms with van der Waals surface area (Å²) in [6.07, 6.45) is 1.50. The predicted octanol–water partition coefficient (Wildman–Crippen LogP) is 2.33. The van der Waals surface area contributed by atoms with Crippen LogP contribution in [0.3, 0.4) is 0 Å². The third-order valence-electron chi connectivity index (χ3n) is 4.12. The molecule has 0 bridgehead atoms. The second-order valence-electron chi connectivity index (χ2n) is 5.26. The van der Waals surface area contributed by atoms with Crippen LogP contribution in [0.1, 0.15) is 30.9 Å². The van der Waals surface area contributed by atoms with Crippen LogP contribution in [0, 0.1) is 29.5 Å². The Morgan fingerprint density at radius 3 is 2.90 bits per heavy atom. The molecule has 1 fully saturated rings. The van der Waals surface area contributed by atoms with E-state index in [2.05, 4.69) is 10.6 Å². The first-order valence-electron chi connectivity index (χ1n) is 6.75. The lowest BCUT2D eigenvalue weighted by atomic mass is 9.83. The summed E-state index contributed by atoms with van der Waals surface area (Å²) < 4.78 is 13.7. The highest BCUT2D eigenvalue weighted by molar-refractivity contribution is 5.96. The molecule has 0 radical (unpaired) electrons. The number of amides is 1. The number of halogens is 1. The minimum Gasteiger partial charge on any atom is -0.325 e. The van der Waals surface area contributed by atoms with Crippen molar-refractivity contribution in [2.75, 3.05) is 18.4 Å². The van der Waals surface area contributed by atoms with Gasteiger partial charge in [-0.2, -0.15) is 5.26 Å². The van der Waals surface area contributed by atoms with Gasteiger partial charge in [-0.25, -0.2) is 4.39 Å².